The number of nitrogens with two attached hydrogens (primary N) is 1. The summed E-state index contributed by atoms with van der Waals surface area (Å²) in [5.74, 6) is -0.786. The number of aromatic nitrogens is 2. The molecule has 0 saturated carbocycles. The van der Waals surface area contributed by atoms with Gasteiger partial charge in [-0.1, -0.05) is 11.6 Å². The average molecular weight is 244 g/mol. The molecule has 0 spiro atoms. The van der Waals surface area contributed by atoms with E-state index >= 15 is 0 Å². The standard InChI is InChI=1S/C10H8ClF2N3/c11-8-4-15-16(10(8)14)5-6-3-7(12)1-2-9(6)13/h1-4H,5,14H2. The molecule has 2 N–H and O–H groups in total. The van der Waals surface area contributed by atoms with Crippen LogP contribution < -0.4 is 5.73 Å². The molecule has 0 bridgehead atoms. The van der Waals surface area contributed by atoms with Crippen LogP contribution in [0.2, 0.25) is 5.02 Å². The minimum Gasteiger partial charge on any atom is -0.383 e. The van der Waals surface area contributed by atoms with Gasteiger partial charge in [-0.3, -0.25) is 0 Å². The van der Waals surface area contributed by atoms with Crippen molar-refractivity contribution in [2.45, 2.75) is 6.54 Å². The predicted molar refractivity (Wildman–Crippen MR) is 57.1 cm³/mol. The van der Waals surface area contributed by atoms with Crippen LogP contribution in [0.1, 0.15) is 5.56 Å². The number of hydrogen-bond acceptors (Lipinski definition) is 2. The van der Waals surface area contributed by atoms with Gasteiger partial charge in [0.25, 0.3) is 0 Å². The molecule has 0 unspecified atom stereocenters. The molecule has 0 aliphatic heterocycles. The number of nitrogen functional groups attached to an aromatic ring is 1. The molecule has 0 aliphatic rings. The van der Waals surface area contributed by atoms with Crippen molar-refractivity contribution in [1.82, 2.24) is 9.78 Å². The molecule has 0 atom stereocenters. The Balaban J connectivity index is 2.33. The largest absolute Gasteiger partial charge is 0.383 e. The lowest BCUT2D eigenvalue weighted by atomic mass is 10.2. The molecule has 0 radical (unpaired) electrons. The first kappa shape index (κ1) is 10.9. The van der Waals surface area contributed by atoms with Gasteiger partial charge in [-0.25, -0.2) is 13.5 Å². The summed E-state index contributed by atoms with van der Waals surface area (Å²) in [4.78, 5) is 0. The minimum absolute atomic E-state index is 0.0438. The summed E-state index contributed by atoms with van der Waals surface area (Å²) < 4.78 is 27.5. The van der Waals surface area contributed by atoms with E-state index in [1.165, 1.54) is 10.9 Å². The second kappa shape index (κ2) is 4.09. The number of anilines is 1. The fourth-order valence-electron chi connectivity index (χ4n) is 1.32. The summed E-state index contributed by atoms with van der Waals surface area (Å²) in [6.45, 7) is 0.0438. The van der Waals surface area contributed by atoms with E-state index in [4.69, 9.17) is 17.3 Å². The first-order chi connectivity index (χ1) is 7.58. The van der Waals surface area contributed by atoms with Crippen LogP contribution in [0.4, 0.5) is 14.6 Å². The summed E-state index contributed by atoms with van der Waals surface area (Å²) in [5.41, 5.74) is 5.76. The van der Waals surface area contributed by atoms with Crippen LogP contribution in [0, 0.1) is 11.6 Å². The molecule has 2 aromatic rings. The van der Waals surface area contributed by atoms with E-state index in [0.29, 0.717) is 0 Å². The highest BCUT2D eigenvalue weighted by molar-refractivity contribution is 6.32. The molecule has 6 heteroatoms. The summed E-state index contributed by atoms with van der Waals surface area (Å²) in [6.07, 6.45) is 1.36. The number of hydrogen-bond donors (Lipinski definition) is 1. The average Bonchev–Trinajstić information content (AvgIpc) is 2.55. The second-order valence-corrected chi connectivity index (χ2v) is 3.68. The van der Waals surface area contributed by atoms with Gasteiger partial charge in [-0.2, -0.15) is 5.10 Å². The molecule has 2 rings (SSSR count). The molecular formula is C10H8ClF2N3. The van der Waals surface area contributed by atoms with E-state index < -0.39 is 11.6 Å². The number of rotatable bonds is 2. The van der Waals surface area contributed by atoms with Gasteiger partial charge in [-0.15, -0.1) is 0 Å². The first-order valence-electron chi connectivity index (χ1n) is 4.48. The fraction of sp³-hybridized carbons (Fsp3) is 0.100. The van der Waals surface area contributed by atoms with Gasteiger partial charge in [0.05, 0.1) is 12.7 Å². The zero-order valence-corrected chi connectivity index (χ0v) is 8.88. The maximum atomic E-state index is 13.3. The maximum Gasteiger partial charge on any atom is 0.140 e. The van der Waals surface area contributed by atoms with Crippen molar-refractivity contribution in [3.8, 4) is 0 Å². The minimum atomic E-state index is -0.507. The Hall–Kier alpha value is -1.62. The highest BCUT2D eigenvalue weighted by atomic mass is 35.5. The van der Waals surface area contributed by atoms with Crippen LogP contribution >= 0.6 is 11.6 Å². The molecule has 1 aromatic carbocycles. The fourth-order valence-corrected chi connectivity index (χ4v) is 1.47. The number of nitrogens with zero attached hydrogens (tertiary/aromatic N) is 2. The third-order valence-corrected chi connectivity index (χ3v) is 2.45. The maximum absolute atomic E-state index is 13.3. The zero-order valence-electron chi connectivity index (χ0n) is 8.12. The van der Waals surface area contributed by atoms with Gasteiger partial charge < -0.3 is 5.73 Å². The monoisotopic (exact) mass is 243 g/mol. The third-order valence-electron chi connectivity index (χ3n) is 2.16. The van der Waals surface area contributed by atoms with Crippen molar-refractivity contribution in [1.29, 1.82) is 0 Å². The molecule has 0 aliphatic carbocycles. The summed E-state index contributed by atoms with van der Waals surface area (Å²) in [6, 6.07) is 3.22. The SMILES string of the molecule is Nc1c(Cl)cnn1Cc1cc(F)ccc1F. The third kappa shape index (κ3) is 1.99. The lowest BCUT2D eigenvalue weighted by molar-refractivity contribution is 0.568. The van der Waals surface area contributed by atoms with Crippen molar-refractivity contribution < 1.29 is 8.78 Å². The van der Waals surface area contributed by atoms with Crippen molar-refractivity contribution in [3.05, 3.63) is 46.6 Å². The van der Waals surface area contributed by atoms with E-state index in [0.717, 1.165) is 18.2 Å². The van der Waals surface area contributed by atoms with Crippen LogP contribution in [-0.4, -0.2) is 9.78 Å². The molecule has 1 heterocycles. The van der Waals surface area contributed by atoms with E-state index in [1.807, 2.05) is 0 Å². The van der Waals surface area contributed by atoms with Crippen molar-refractivity contribution in [2.24, 2.45) is 0 Å². The summed E-state index contributed by atoms with van der Waals surface area (Å²) in [5, 5.41) is 4.14. The normalized spacial score (nSPS) is 10.7. The van der Waals surface area contributed by atoms with Crippen molar-refractivity contribution in [3.63, 3.8) is 0 Å². The quantitative estimate of drug-likeness (QED) is 0.881. The topological polar surface area (TPSA) is 43.8 Å². The van der Waals surface area contributed by atoms with Crippen LogP contribution in [0.15, 0.2) is 24.4 Å². The second-order valence-electron chi connectivity index (χ2n) is 3.27. The highest BCUT2D eigenvalue weighted by Crippen LogP contribution is 2.19. The van der Waals surface area contributed by atoms with Crippen molar-refractivity contribution in [2.75, 3.05) is 5.73 Å². The Labute approximate surface area is 95.4 Å². The van der Waals surface area contributed by atoms with Crippen LogP contribution in [0.25, 0.3) is 0 Å². The van der Waals surface area contributed by atoms with Crippen LogP contribution in [0.3, 0.4) is 0 Å². The van der Waals surface area contributed by atoms with Crippen molar-refractivity contribution >= 4 is 17.4 Å². The lowest BCUT2D eigenvalue weighted by Gasteiger charge is -2.05. The molecule has 84 valence electrons. The Morgan fingerprint density at radius 3 is 2.75 bits per heavy atom. The zero-order chi connectivity index (χ0) is 11.7. The van der Waals surface area contributed by atoms with E-state index in [2.05, 4.69) is 5.10 Å². The Bertz CT molecular complexity index is 525. The summed E-state index contributed by atoms with van der Waals surface area (Å²) in [7, 11) is 0. The smallest absolute Gasteiger partial charge is 0.140 e. The van der Waals surface area contributed by atoms with E-state index in [-0.39, 0.29) is 22.9 Å². The molecule has 1 aromatic heterocycles. The van der Waals surface area contributed by atoms with E-state index in [9.17, 15) is 8.78 Å². The molecule has 0 saturated heterocycles. The van der Waals surface area contributed by atoms with Gasteiger partial charge in [0.1, 0.15) is 22.5 Å². The highest BCUT2D eigenvalue weighted by Gasteiger charge is 2.09. The molecular weight excluding hydrogens is 236 g/mol. The molecule has 0 fully saturated rings. The van der Waals surface area contributed by atoms with Gasteiger partial charge >= 0.3 is 0 Å². The van der Waals surface area contributed by atoms with Gasteiger partial charge in [-0.05, 0) is 18.2 Å². The molecule has 16 heavy (non-hydrogen) atoms. The van der Waals surface area contributed by atoms with Crippen LogP contribution in [0.5, 0.6) is 0 Å². The lowest BCUT2D eigenvalue weighted by Crippen LogP contribution is -2.07. The molecule has 0 amide bonds. The van der Waals surface area contributed by atoms with Crippen LogP contribution in [-0.2, 0) is 6.54 Å². The first-order valence-corrected chi connectivity index (χ1v) is 4.86. The Morgan fingerprint density at radius 1 is 1.38 bits per heavy atom. The Morgan fingerprint density at radius 2 is 2.12 bits per heavy atom. The van der Waals surface area contributed by atoms with Gasteiger partial charge in [0.15, 0.2) is 0 Å². The Kier molecular flexibility index (Phi) is 2.78. The molecule has 3 nitrogen and oxygen atoms in total. The van der Waals surface area contributed by atoms with Gasteiger partial charge in [0, 0.05) is 5.56 Å². The number of halogens is 3. The summed E-state index contributed by atoms with van der Waals surface area (Å²) >= 11 is 5.69. The number of benzene rings is 1. The predicted octanol–water partition coefficient (Wildman–Crippen LogP) is 2.45. The van der Waals surface area contributed by atoms with Gasteiger partial charge in [0.2, 0.25) is 0 Å². The van der Waals surface area contributed by atoms with E-state index in [1.54, 1.807) is 0 Å².